The molecule has 1 N–H and O–H groups in total. The van der Waals surface area contributed by atoms with Crippen molar-refractivity contribution in [2.75, 3.05) is 13.1 Å². The molecule has 1 nitrogen and oxygen atoms in total. The first-order valence-corrected chi connectivity index (χ1v) is 1.92. The van der Waals surface area contributed by atoms with E-state index in [1.807, 2.05) is 0 Å². The molecule has 0 aromatic rings. The molecule has 0 aliphatic carbocycles. The molecule has 1 saturated heterocycles. The molecule has 0 bridgehead atoms. The summed E-state index contributed by atoms with van der Waals surface area (Å²) in [5.41, 5.74) is 0.870. The van der Waals surface area contributed by atoms with Crippen LogP contribution in [0.15, 0.2) is 11.9 Å². The molecule has 1 rings (SSSR count). The molecule has 1 aliphatic heterocycles. The lowest BCUT2D eigenvalue weighted by atomic mass is 10.2. The minimum absolute atomic E-state index is 0.663. The fourth-order valence-electron chi connectivity index (χ4n) is 0.346. The Morgan fingerprint density at radius 3 is 2.33 bits per heavy atom. The van der Waals surface area contributed by atoms with Crippen LogP contribution in [0.5, 0.6) is 0 Å². The van der Waals surface area contributed by atoms with Gasteiger partial charge in [0, 0.05) is 13.1 Å². The van der Waals surface area contributed by atoms with Crippen molar-refractivity contribution in [1.82, 2.24) is 5.32 Å². The summed E-state index contributed by atoms with van der Waals surface area (Å²) in [6.45, 7) is 1.49. The van der Waals surface area contributed by atoms with Gasteiger partial charge in [-0.3, -0.25) is 0 Å². The summed E-state index contributed by atoms with van der Waals surface area (Å²) in [5, 5.41) is 2.90. The number of nitrogens with one attached hydrogen (secondary N) is 1. The number of rotatable bonds is 0. The minimum atomic E-state index is 0.663. The van der Waals surface area contributed by atoms with E-state index in [0.717, 1.165) is 18.7 Å². The van der Waals surface area contributed by atoms with Gasteiger partial charge in [0.1, 0.15) is 0 Å². The van der Waals surface area contributed by atoms with Gasteiger partial charge in [-0.1, -0.05) is 0 Å². The third-order valence-electron chi connectivity index (χ3n) is 0.858. The number of hydrogen-bond donors (Lipinski definition) is 1. The molecular weight excluding hydrogens is 81.0 g/mol. The maximum atomic E-state index is 11.2. The fraction of sp³-hybridized carbons (Fsp3) is 0.500. The van der Waals surface area contributed by atoms with Gasteiger partial charge in [-0.25, -0.2) is 4.39 Å². The minimum Gasteiger partial charge on any atom is -0.309 e. The van der Waals surface area contributed by atoms with Crippen molar-refractivity contribution in [2.45, 2.75) is 0 Å². The van der Waals surface area contributed by atoms with E-state index >= 15 is 0 Å². The van der Waals surface area contributed by atoms with E-state index < -0.39 is 0 Å². The van der Waals surface area contributed by atoms with E-state index in [0.29, 0.717) is 6.33 Å². The monoisotopic (exact) mass is 87.0 g/mol. The summed E-state index contributed by atoms with van der Waals surface area (Å²) in [5.74, 6) is 0. The van der Waals surface area contributed by atoms with Gasteiger partial charge in [0.25, 0.3) is 0 Å². The molecule has 0 spiro atoms. The lowest BCUT2D eigenvalue weighted by Gasteiger charge is -2.15. The molecule has 0 radical (unpaired) electrons. The lowest BCUT2D eigenvalue weighted by Crippen LogP contribution is -2.33. The number of halogens is 1. The van der Waals surface area contributed by atoms with E-state index in [4.69, 9.17) is 0 Å². The van der Waals surface area contributed by atoms with Gasteiger partial charge in [-0.05, 0) is 5.57 Å². The maximum absolute atomic E-state index is 11.2. The lowest BCUT2D eigenvalue weighted by molar-refractivity contribution is 0.614. The first kappa shape index (κ1) is 3.81. The maximum Gasteiger partial charge on any atom is 0.0884 e. The average Bonchev–Trinajstić information content (AvgIpc) is 1.31. The first-order chi connectivity index (χ1) is 2.93. The van der Waals surface area contributed by atoms with Crippen LogP contribution < -0.4 is 5.32 Å². The molecule has 0 atom stereocenters. The normalized spacial score (nSPS) is 19.8. The van der Waals surface area contributed by atoms with Crippen molar-refractivity contribution in [3.05, 3.63) is 11.9 Å². The van der Waals surface area contributed by atoms with Crippen LogP contribution in [-0.4, -0.2) is 13.1 Å². The van der Waals surface area contributed by atoms with Gasteiger partial charge in [0.15, 0.2) is 0 Å². The Labute approximate surface area is 35.9 Å². The summed E-state index contributed by atoms with van der Waals surface area (Å²) in [4.78, 5) is 0. The highest BCUT2D eigenvalue weighted by Crippen LogP contribution is 1.98. The van der Waals surface area contributed by atoms with E-state index in [2.05, 4.69) is 5.32 Å². The van der Waals surface area contributed by atoms with Gasteiger partial charge >= 0.3 is 0 Å². The quantitative estimate of drug-likeness (QED) is 0.452. The zero-order valence-corrected chi connectivity index (χ0v) is 3.37. The Balaban J connectivity index is 2.34. The van der Waals surface area contributed by atoms with E-state index in [9.17, 15) is 4.39 Å². The third-order valence-corrected chi connectivity index (χ3v) is 0.858. The summed E-state index contributed by atoms with van der Waals surface area (Å²) in [6, 6.07) is 0. The molecular formula is C4H6FN. The SMILES string of the molecule is FC=C1CNC1. The summed E-state index contributed by atoms with van der Waals surface area (Å²) in [7, 11) is 0. The fourth-order valence-corrected chi connectivity index (χ4v) is 0.346. The molecule has 2 heteroatoms. The Bertz CT molecular complexity index is 71.6. The van der Waals surface area contributed by atoms with Crippen LogP contribution in [0.4, 0.5) is 4.39 Å². The van der Waals surface area contributed by atoms with Crippen molar-refractivity contribution in [3.63, 3.8) is 0 Å². The Morgan fingerprint density at radius 2 is 2.33 bits per heavy atom. The van der Waals surface area contributed by atoms with Crippen LogP contribution in [0.25, 0.3) is 0 Å². The van der Waals surface area contributed by atoms with Crippen molar-refractivity contribution in [3.8, 4) is 0 Å². The first-order valence-electron chi connectivity index (χ1n) is 1.92. The molecule has 34 valence electrons. The van der Waals surface area contributed by atoms with Crippen LogP contribution in [0.3, 0.4) is 0 Å². The molecule has 0 aromatic heterocycles. The van der Waals surface area contributed by atoms with Crippen LogP contribution in [0.2, 0.25) is 0 Å². The summed E-state index contributed by atoms with van der Waals surface area (Å²) >= 11 is 0. The molecule has 1 aliphatic rings. The smallest absolute Gasteiger partial charge is 0.0884 e. The van der Waals surface area contributed by atoms with Crippen molar-refractivity contribution < 1.29 is 4.39 Å². The van der Waals surface area contributed by atoms with E-state index in [1.54, 1.807) is 0 Å². The predicted molar refractivity (Wildman–Crippen MR) is 22.1 cm³/mol. The number of hydrogen-bond acceptors (Lipinski definition) is 1. The predicted octanol–water partition coefficient (Wildman–Crippen LogP) is 0.443. The Morgan fingerprint density at radius 1 is 1.67 bits per heavy atom. The molecule has 6 heavy (non-hydrogen) atoms. The highest BCUT2D eigenvalue weighted by molar-refractivity contribution is 5.10. The van der Waals surface area contributed by atoms with Crippen molar-refractivity contribution in [2.24, 2.45) is 0 Å². The van der Waals surface area contributed by atoms with E-state index in [-0.39, 0.29) is 0 Å². The zero-order chi connectivity index (χ0) is 4.41. The molecule has 1 heterocycles. The van der Waals surface area contributed by atoms with Crippen molar-refractivity contribution >= 4 is 0 Å². The second kappa shape index (κ2) is 1.39. The largest absolute Gasteiger partial charge is 0.309 e. The standard InChI is InChI=1S/C4H6FN/c5-1-4-2-6-3-4/h1,6H,2-3H2. The average molecular weight is 87.1 g/mol. The van der Waals surface area contributed by atoms with Crippen molar-refractivity contribution in [1.29, 1.82) is 0 Å². The topological polar surface area (TPSA) is 12.0 Å². The molecule has 0 aromatic carbocycles. The molecule has 0 saturated carbocycles. The van der Waals surface area contributed by atoms with Gasteiger partial charge in [-0.15, -0.1) is 0 Å². The van der Waals surface area contributed by atoms with E-state index in [1.165, 1.54) is 0 Å². The summed E-state index contributed by atoms with van der Waals surface area (Å²) in [6.07, 6.45) is 0.663. The summed E-state index contributed by atoms with van der Waals surface area (Å²) < 4.78 is 11.2. The van der Waals surface area contributed by atoms with Crippen LogP contribution in [0.1, 0.15) is 0 Å². The Kier molecular flexibility index (Phi) is 0.881. The third kappa shape index (κ3) is 0.431. The van der Waals surface area contributed by atoms with Gasteiger partial charge in [0.05, 0.1) is 6.33 Å². The highest BCUT2D eigenvalue weighted by atomic mass is 19.1. The van der Waals surface area contributed by atoms with Gasteiger partial charge < -0.3 is 5.32 Å². The van der Waals surface area contributed by atoms with Crippen LogP contribution in [-0.2, 0) is 0 Å². The molecule has 0 amide bonds. The molecule has 1 fully saturated rings. The van der Waals surface area contributed by atoms with Crippen LogP contribution >= 0.6 is 0 Å². The zero-order valence-electron chi connectivity index (χ0n) is 3.37. The molecule has 0 unspecified atom stereocenters. The highest BCUT2D eigenvalue weighted by Gasteiger charge is 2.04. The second-order valence-corrected chi connectivity index (χ2v) is 1.37. The second-order valence-electron chi connectivity index (χ2n) is 1.37. The van der Waals surface area contributed by atoms with Gasteiger partial charge in [-0.2, -0.15) is 0 Å². The van der Waals surface area contributed by atoms with Gasteiger partial charge in [0.2, 0.25) is 0 Å². The van der Waals surface area contributed by atoms with Crippen LogP contribution in [0, 0.1) is 0 Å². The Hall–Kier alpha value is -0.370.